The lowest BCUT2D eigenvalue weighted by Crippen LogP contribution is -2.30. The largest absolute Gasteiger partial charge is 0.352 e. The van der Waals surface area contributed by atoms with E-state index in [0.717, 1.165) is 47.8 Å². The van der Waals surface area contributed by atoms with Gasteiger partial charge in [0.25, 0.3) is 0 Å². The molecule has 2 aromatic heterocycles. The summed E-state index contributed by atoms with van der Waals surface area (Å²) in [5.41, 5.74) is 1.94. The van der Waals surface area contributed by atoms with Crippen LogP contribution in [0.3, 0.4) is 0 Å². The minimum absolute atomic E-state index is 0.0481. The second kappa shape index (κ2) is 7.39. The highest BCUT2D eigenvalue weighted by atomic mass is 32.2. The van der Waals surface area contributed by atoms with Gasteiger partial charge in [0.15, 0.2) is 11.0 Å². The molecule has 1 atom stereocenters. The normalized spacial score (nSPS) is 17.3. The van der Waals surface area contributed by atoms with Crippen molar-refractivity contribution in [2.45, 2.75) is 48.2 Å². The fourth-order valence-electron chi connectivity index (χ4n) is 3.22. The summed E-state index contributed by atoms with van der Waals surface area (Å²) in [6.45, 7) is 0. The fraction of sp³-hybridized carbons (Fsp3) is 0.333. The van der Waals surface area contributed by atoms with Gasteiger partial charge in [0.05, 0.1) is 0 Å². The first-order valence-corrected chi connectivity index (χ1v) is 10.5. The zero-order valence-electron chi connectivity index (χ0n) is 15.4. The van der Waals surface area contributed by atoms with Gasteiger partial charge >= 0.3 is 0 Å². The molecule has 0 spiro atoms. The number of nitrogens with zero attached hydrogens (tertiary/aromatic N) is 4. The van der Waals surface area contributed by atoms with Gasteiger partial charge < -0.3 is 5.32 Å². The fourth-order valence-corrected chi connectivity index (χ4v) is 4.34. The number of amides is 1. The first kappa shape index (κ1) is 17.4. The molecule has 2 heterocycles. The van der Waals surface area contributed by atoms with E-state index in [9.17, 15) is 4.79 Å². The second-order valence-electron chi connectivity index (χ2n) is 7.34. The van der Waals surface area contributed by atoms with Gasteiger partial charge in [-0.2, -0.15) is 0 Å². The summed E-state index contributed by atoms with van der Waals surface area (Å²) >= 11 is 1.49. The molecule has 5 rings (SSSR count). The molecule has 2 saturated carbocycles. The minimum Gasteiger partial charge on any atom is -0.352 e. The maximum absolute atomic E-state index is 13.0. The minimum atomic E-state index is -0.342. The quantitative estimate of drug-likeness (QED) is 0.621. The Morgan fingerprint density at radius 3 is 2.57 bits per heavy atom. The monoisotopic (exact) mass is 391 g/mol. The Balaban J connectivity index is 1.49. The molecule has 0 saturated heterocycles. The Kier molecular flexibility index (Phi) is 4.60. The van der Waals surface area contributed by atoms with Crippen molar-refractivity contribution in [1.29, 1.82) is 0 Å². The van der Waals surface area contributed by atoms with Crippen molar-refractivity contribution in [3.8, 4) is 11.4 Å². The van der Waals surface area contributed by atoms with Gasteiger partial charge in [-0.1, -0.05) is 42.1 Å². The molecule has 2 aliphatic rings. The third kappa shape index (κ3) is 3.67. The summed E-state index contributed by atoms with van der Waals surface area (Å²) in [7, 11) is 0. The SMILES string of the molecule is O=C(NC1CC1)[C@@H](Sc1nnc(-c2cccnc2)n1C1CC1)c1ccccc1. The van der Waals surface area contributed by atoms with Crippen LogP contribution < -0.4 is 5.32 Å². The standard InChI is InChI=1S/C21H21N5OS/c27-20(23-16-8-9-16)18(14-5-2-1-3-6-14)28-21-25-24-19(26(21)17-10-11-17)15-7-4-12-22-13-15/h1-7,12-13,16-18H,8-11H2,(H,23,27)/t18-/m0/s1. The van der Waals surface area contributed by atoms with Crippen molar-refractivity contribution < 1.29 is 4.79 Å². The van der Waals surface area contributed by atoms with Crippen LogP contribution in [0, 0.1) is 0 Å². The number of hydrogen-bond donors (Lipinski definition) is 1. The van der Waals surface area contributed by atoms with E-state index in [1.807, 2.05) is 48.7 Å². The zero-order valence-corrected chi connectivity index (χ0v) is 16.2. The Morgan fingerprint density at radius 2 is 1.89 bits per heavy atom. The number of hydrogen-bond acceptors (Lipinski definition) is 5. The average Bonchev–Trinajstić information content (AvgIpc) is 3.67. The maximum Gasteiger partial charge on any atom is 0.238 e. The summed E-state index contributed by atoms with van der Waals surface area (Å²) in [6, 6.07) is 14.6. The van der Waals surface area contributed by atoms with Crippen LogP contribution in [0.1, 0.15) is 42.5 Å². The molecule has 0 aliphatic heterocycles. The third-order valence-corrected chi connectivity index (χ3v) is 6.19. The average molecular weight is 392 g/mol. The van der Waals surface area contributed by atoms with Crippen molar-refractivity contribution in [3.63, 3.8) is 0 Å². The van der Waals surface area contributed by atoms with Crippen molar-refractivity contribution >= 4 is 17.7 Å². The topological polar surface area (TPSA) is 72.7 Å². The van der Waals surface area contributed by atoms with Crippen LogP contribution in [0.5, 0.6) is 0 Å². The van der Waals surface area contributed by atoms with Gasteiger partial charge in [0.1, 0.15) is 5.25 Å². The van der Waals surface area contributed by atoms with E-state index < -0.39 is 0 Å². The van der Waals surface area contributed by atoms with Crippen molar-refractivity contribution in [3.05, 3.63) is 60.4 Å². The molecule has 6 nitrogen and oxygen atoms in total. The molecule has 1 N–H and O–H groups in total. The molecule has 0 radical (unpaired) electrons. The smallest absolute Gasteiger partial charge is 0.238 e. The van der Waals surface area contributed by atoms with Gasteiger partial charge in [-0.05, 0) is 43.4 Å². The van der Waals surface area contributed by atoms with Crippen LogP contribution in [0.4, 0.5) is 0 Å². The molecule has 0 unspecified atom stereocenters. The first-order chi connectivity index (χ1) is 13.8. The number of aromatic nitrogens is 4. The maximum atomic E-state index is 13.0. The Labute approximate surface area is 167 Å². The number of benzene rings is 1. The number of thioether (sulfide) groups is 1. The number of carbonyl (C=O) groups is 1. The van der Waals surface area contributed by atoms with Gasteiger partial charge in [-0.15, -0.1) is 10.2 Å². The Bertz CT molecular complexity index is 967. The van der Waals surface area contributed by atoms with Crippen LogP contribution >= 0.6 is 11.8 Å². The highest BCUT2D eigenvalue weighted by Crippen LogP contribution is 2.44. The molecule has 1 amide bonds. The van der Waals surface area contributed by atoms with Crippen molar-refractivity contribution in [1.82, 2.24) is 25.1 Å². The lowest BCUT2D eigenvalue weighted by atomic mass is 10.1. The predicted molar refractivity (Wildman–Crippen MR) is 108 cm³/mol. The molecular weight excluding hydrogens is 370 g/mol. The van der Waals surface area contributed by atoms with Crippen LogP contribution in [-0.2, 0) is 4.79 Å². The molecule has 2 aliphatic carbocycles. The van der Waals surface area contributed by atoms with Gasteiger partial charge in [-0.3, -0.25) is 14.3 Å². The Hall–Kier alpha value is -2.67. The number of nitrogens with one attached hydrogen (secondary N) is 1. The molecule has 7 heteroatoms. The summed E-state index contributed by atoms with van der Waals surface area (Å²) in [5.74, 6) is 0.875. The van der Waals surface area contributed by atoms with E-state index in [-0.39, 0.29) is 11.2 Å². The second-order valence-corrected chi connectivity index (χ2v) is 8.41. The van der Waals surface area contributed by atoms with E-state index in [1.54, 1.807) is 6.20 Å². The van der Waals surface area contributed by atoms with Crippen LogP contribution in [-0.4, -0.2) is 31.7 Å². The summed E-state index contributed by atoms with van der Waals surface area (Å²) in [5, 5.41) is 12.5. The van der Waals surface area contributed by atoms with Crippen LogP contribution in [0.15, 0.2) is 60.0 Å². The number of rotatable bonds is 7. The van der Waals surface area contributed by atoms with E-state index >= 15 is 0 Å². The molecule has 3 aromatic rings. The highest BCUT2D eigenvalue weighted by molar-refractivity contribution is 8.00. The first-order valence-electron chi connectivity index (χ1n) is 9.67. The van der Waals surface area contributed by atoms with Crippen molar-refractivity contribution in [2.24, 2.45) is 0 Å². The number of carbonyl (C=O) groups excluding carboxylic acids is 1. The predicted octanol–water partition coefficient (Wildman–Crippen LogP) is 3.79. The molecule has 2 fully saturated rings. The lowest BCUT2D eigenvalue weighted by Gasteiger charge is -2.17. The third-order valence-electron chi connectivity index (χ3n) is 4.98. The summed E-state index contributed by atoms with van der Waals surface area (Å²) in [6.07, 6.45) is 7.94. The van der Waals surface area contributed by atoms with E-state index in [0.29, 0.717) is 12.1 Å². The van der Waals surface area contributed by atoms with Crippen molar-refractivity contribution in [2.75, 3.05) is 0 Å². The van der Waals surface area contributed by atoms with E-state index in [4.69, 9.17) is 0 Å². The van der Waals surface area contributed by atoms with Crippen LogP contribution in [0.2, 0.25) is 0 Å². The summed E-state index contributed by atoms with van der Waals surface area (Å²) in [4.78, 5) is 17.2. The lowest BCUT2D eigenvalue weighted by molar-refractivity contribution is -0.120. The van der Waals surface area contributed by atoms with Crippen LogP contribution in [0.25, 0.3) is 11.4 Å². The van der Waals surface area contributed by atoms with Gasteiger partial charge in [0, 0.05) is 30.0 Å². The van der Waals surface area contributed by atoms with Gasteiger partial charge in [-0.25, -0.2) is 0 Å². The van der Waals surface area contributed by atoms with E-state index in [2.05, 4.69) is 25.1 Å². The molecule has 0 bridgehead atoms. The molecule has 142 valence electrons. The van der Waals surface area contributed by atoms with E-state index in [1.165, 1.54) is 11.8 Å². The molecular formula is C21H21N5OS. The van der Waals surface area contributed by atoms with Gasteiger partial charge in [0.2, 0.25) is 5.91 Å². The number of pyridine rings is 1. The molecule has 28 heavy (non-hydrogen) atoms. The molecule has 1 aromatic carbocycles. The summed E-state index contributed by atoms with van der Waals surface area (Å²) < 4.78 is 2.18. The Morgan fingerprint density at radius 1 is 1.07 bits per heavy atom. The highest BCUT2D eigenvalue weighted by Gasteiger charge is 2.34. The zero-order chi connectivity index (χ0) is 18.9.